The molecule has 1 aliphatic heterocycles. The topological polar surface area (TPSA) is 71.1 Å². The largest absolute Gasteiger partial charge is 0.345 e. The second kappa shape index (κ2) is 3.34. The van der Waals surface area contributed by atoms with Gasteiger partial charge in [-0.2, -0.15) is 0 Å². The van der Waals surface area contributed by atoms with Crippen LogP contribution in [0.15, 0.2) is 24.5 Å². The van der Waals surface area contributed by atoms with E-state index in [0.29, 0.717) is 6.54 Å². The van der Waals surface area contributed by atoms with Crippen LogP contribution in [-0.4, -0.2) is 23.3 Å². The lowest BCUT2D eigenvalue weighted by Crippen LogP contribution is -2.60. The van der Waals surface area contributed by atoms with Crippen molar-refractivity contribution in [2.24, 2.45) is 0 Å². The number of hydrogen-bond acceptors (Lipinski definition) is 3. The summed E-state index contributed by atoms with van der Waals surface area (Å²) in [5, 5.41) is 5.21. The Bertz CT molecular complexity index is 404. The first-order valence-corrected chi connectivity index (χ1v) is 4.63. The van der Waals surface area contributed by atoms with Crippen molar-refractivity contribution in [3.8, 4) is 0 Å². The number of aromatic nitrogens is 1. The molecule has 0 aromatic carbocycles. The van der Waals surface area contributed by atoms with Gasteiger partial charge in [0.1, 0.15) is 0 Å². The Morgan fingerprint density at radius 3 is 2.80 bits per heavy atom. The molecule has 2 N–H and O–H groups in total. The molecule has 1 aromatic heterocycles. The maximum atomic E-state index is 11.2. The molecular weight excluding hydrogens is 194 g/mol. The van der Waals surface area contributed by atoms with Crippen molar-refractivity contribution in [3.63, 3.8) is 0 Å². The van der Waals surface area contributed by atoms with Crippen LogP contribution in [0, 0.1) is 0 Å². The number of nitrogens with one attached hydrogen (secondary N) is 2. The fourth-order valence-corrected chi connectivity index (χ4v) is 1.55. The fourth-order valence-electron chi connectivity index (χ4n) is 1.55. The first-order valence-electron chi connectivity index (χ1n) is 4.63. The molecule has 2 rings (SSSR count). The standard InChI is InChI=1S/C10H11N3O2/c1-10(7-3-2-4-11-5-7)6-12-8(14)9(15)13-10/h2-5H,6H2,1H3,(H,12,14)(H,13,15). The minimum atomic E-state index is -0.604. The van der Waals surface area contributed by atoms with Gasteiger partial charge in [-0.05, 0) is 18.6 Å². The molecule has 0 saturated carbocycles. The summed E-state index contributed by atoms with van der Waals surface area (Å²) < 4.78 is 0. The third-order valence-corrected chi connectivity index (χ3v) is 2.50. The van der Waals surface area contributed by atoms with Crippen LogP contribution in [0.3, 0.4) is 0 Å². The molecule has 0 bridgehead atoms. The number of rotatable bonds is 1. The average molecular weight is 205 g/mol. The van der Waals surface area contributed by atoms with E-state index in [-0.39, 0.29) is 0 Å². The predicted octanol–water partition coefficient (Wildman–Crippen LogP) is -0.457. The van der Waals surface area contributed by atoms with Gasteiger partial charge in [0.15, 0.2) is 0 Å². The molecule has 5 heteroatoms. The molecule has 0 aliphatic carbocycles. The minimum Gasteiger partial charge on any atom is -0.345 e. The number of hydrogen-bond donors (Lipinski definition) is 2. The van der Waals surface area contributed by atoms with E-state index in [4.69, 9.17) is 0 Å². The van der Waals surface area contributed by atoms with E-state index in [2.05, 4.69) is 15.6 Å². The van der Waals surface area contributed by atoms with E-state index >= 15 is 0 Å². The first-order chi connectivity index (χ1) is 7.12. The van der Waals surface area contributed by atoms with Crippen molar-refractivity contribution in [2.75, 3.05) is 6.54 Å². The summed E-state index contributed by atoms with van der Waals surface area (Å²) in [7, 11) is 0. The van der Waals surface area contributed by atoms with Crippen molar-refractivity contribution in [1.82, 2.24) is 15.6 Å². The highest BCUT2D eigenvalue weighted by Gasteiger charge is 2.36. The summed E-state index contributed by atoms with van der Waals surface area (Å²) in [5.74, 6) is -1.19. The summed E-state index contributed by atoms with van der Waals surface area (Å²) in [4.78, 5) is 26.2. The van der Waals surface area contributed by atoms with E-state index in [1.807, 2.05) is 13.0 Å². The van der Waals surface area contributed by atoms with Crippen molar-refractivity contribution < 1.29 is 9.59 Å². The second-order valence-corrected chi connectivity index (χ2v) is 3.71. The summed E-state index contributed by atoms with van der Waals surface area (Å²) >= 11 is 0. The van der Waals surface area contributed by atoms with Crippen LogP contribution in [0.4, 0.5) is 0 Å². The normalized spacial score (nSPS) is 25.7. The maximum Gasteiger partial charge on any atom is 0.310 e. The third kappa shape index (κ3) is 1.68. The van der Waals surface area contributed by atoms with Gasteiger partial charge in [0.05, 0.1) is 5.54 Å². The molecule has 2 heterocycles. The van der Waals surface area contributed by atoms with Gasteiger partial charge in [-0.15, -0.1) is 0 Å². The van der Waals surface area contributed by atoms with Crippen LogP contribution in [0.1, 0.15) is 12.5 Å². The van der Waals surface area contributed by atoms with Crippen LogP contribution in [0.5, 0.6) is 0 Å². The van der Waals surface area contributed by atoms with Gasteiger partial charge in [-0.3, -0.25) is 14.6 Å². The molecule has 15 heavy (non-hydrogen) atoms. The van der Waals surface area contributed by atoms with Gasteiger partial charge >= 0.3 is 11.8 Å². The predicted molar refractivity (Wildman–Crippen MR) is 52.7 cm³/mol. The molecule has 2 amide bonds. The summed E-state index contributed by atoms with van der Waals surface area (Å²) in [5.41, 5.74) is 0.303. The Labute approximate surface area is 86.9 Å². The lowest BCUT2D eigenvalue weighted by Gasteiger charge is -2.34. The highest BCUT2D eigenvalue weighted by atomic mass is 16.2. The molecule has 1 unspecified atom stereocenters. The lowest BCUT2D eigenvalue weighted by molar-refractivity contribution is -0.142. The summed E-state index contributed by atoms with van der Waals surface area (Å²) in [6.07, 6.45) is 3.34. The SMILES string of the molecule is CC1(c2cccnc2)CNC(=O)C(=O)N1. The molecule has 0 spiro atoms. The Hall–Kier alpha value is -1.91. The van der Waals surface area contributed by atoms with E-state index in [0.717, 1.165) is 5.56 Å². The van der Waals surface area contributed by atoms with Crippen LogP contribution in [-0.2, 0) is 15.1 Å². The van der Waals surface area contributed by atoms with Crippen LogP contribution < -0.4 is 10.6 Å². The highest BCUT2D eigenvalue weighted by Crippen LogP contribution is 2.20. The molecule has 5 nitrogen and oxygen atoms in total. The second-order valence-electron chi connectivity index (χ2n) is 3.71. The van der Waals surface area contributed by atoms with Crippen LogP contribution in [0.25, 0.3) is 0 Å². The number of piperazine rings is 1. The van der Waals surface area contributed by atoms with Gasteiger partial charge in [-0.25, -0.2) is 0 Å². The van der Waals surface area contributed by atoms with Gasteiger partial charge in [0.25, 0.3) is 0 Å². The summed E-state index contributed by atoms with van der Waals surface area (Å²) in [6.45, 7) is 2.23. The zero-order chi connectivity index (χ0) is 10.9. The third-order valence-electron chi connectivity index (χ3n) is 2.50. The molecule has 1 saturated heterocycles. The van der Waals surface area contributed by atoms with Crippen molar-refractivity contribution in [3.05, 3.63) is 30.1 Å². The van der Waals surface area contributed by atoms with Gasteiger partial charge in [0, 0.05) is 18.9 Å². The maximum absolute atomic E-state index is 11.2. The minimum absolute atomic E-state index is 0.378. The van der Waals surface area contributed by atoms with Gasteiger partial charge < -0.3 is 10.6 Å². The van der Waals surface area contributed by atoms with Gasteiger partial charge in [-0.1, -0.05) is 6.07 Å². The molecule has 1 aliphatic rings. The Kier molecular flexibility index (Phi) is 2.15. The molecule has 0 radical (unpaired) electrons. The summed E-state index contributed by atoms with van der Waals surface area (Å²) in [6, 6.07) is 3.66. The Balaban J connectivity index is 2.29. The lowest BCUT2D eigenvalue weighted by atomic mass is 9.91. The Morgan fingerprint density at radius 1 is 1.40 bits per heavy atom. The number of carbonyl (C=O) groups excluding carboxylic acids is 2. The zero-order valence-corrected chi connectivity index (χ0v) is 8.28. The van der Waals surface area contributed by atoms with E-state index < -0.39 is 17.4 Å². The first kappa shape index (κ1) is 9.64. The zero-order valence-electron chi connectivity index (χ0n) is 8.28. The van der Waals surface area contributed by atoms with Crippen LogP contribution in [0.2, 0.25) is 0 Å². The van der Waals surface area contributed by atoms with Gasteiger partial charge in [0.2, 0.25) is 0 Å². The van der Waals surface area contributed by atoms with Crippen molar-refractivity contribution >= 4 is 11.8 Å². The van der Waals surface area contributed by atoms with E-state index in [1.54, 1.807) is 18.5 Å². The molecular formula is C10H11N3O2. The number of nitrogens with zero attached hydrogens (tertiary/aromatic N) is 1. The molecule has 1 atom stereocenters. The Morgan fingerprint density at radius 2 is 2.20 bits per heavy atom. The molecule has 78 valence electrons. The monoisotopic (exact) mass is 205 g/mol. The molecule has 1 fully saturated rings. The van der Waals surface area contributed by atoms with E-state index in [9.17, 15) is 9.59 Å². The highest BCUT2D eigenvalue weighted by molar-refractivity contribution is 6.35. The number of carbonyl (C=O) groups is 2. The fraction of sp³-hybridized carbons (Fsp3) is 0.300. The molecule has 1 aromatic rings. The smallest absolute Gasteiger partial charge is 0.310 e. The van der Waals surface area contributed by atoms with Crippen molar-refractivity contribution in [2.45, 2.75) is 12.5 Å². The van der Waals surface area contributed by atoms with Crippen LogP contribution >= 0.6 is 0 Å². The number of amides is 2. The number of pyridine rings is 1. The quantitative estimate of drug-likeness (QED) is 0.609. The van der Waals surface area contributed by atoms with Crippen molar-refractivity contribution in [1.29, 1.82) is 0 Å². The average Bonchev–Trinajstić information content (AvgIpc) is 2.26. The van der Waals surface area contributed by atoms with E-state index in [1.165, 1.54) is 0 Å².